The summed E-state index contributed by atoms with van der Waals surface area (Å²) in [6.45, 7) is 5.17. The number of hydrogen-bond acceptors (Lipinski definition) is 5. The lowest BCUT2D eigenvalue weighted by Crippen LogP contribution is -2.58. The molecule has 0 bridgehead atoms. The molecule has 2 aromatic carbocycles. The summed E-state index contributed by atoms with van der Waals surface area (Å²) in [5.41, 5.74) is 5.07. The first-order valence-electron chi connectivity index (χ1n) is 15.4. The molecule has 45 heavy (non-hydrogen) atoms. The number of hydrogen-bond donors (Lipinski definition) is 2. The third-order valence-electron chi connectivity index (χ3n) is 8.81. The predicted octanol–water partition coefficient (Wildman–Crippen LogP) is 4.92. The number of alkyl halides is 3. The predicted molar refractivity (Wildman–Crippen MR) is 165 cm³/mol. The molecule has 0 radical (unpaired) electrons. The molecule has 0 saturated heterocycles. The summed E-state index contributed by atoms with van der Waals surface area (Å²) in [5, 5.41) is 2.74. The maximum atomic E-state index is 14.2. The Morgan fingerprint density at radius 1 is 1.07 bits per heavy atom. The third kappa shape index (κ3) is 7.58. The van der Waals surface area contributed by atoms with Crippen LogP contribution in [0.3, 0.4) is 0 Å². The van der Waals surface area contributed by atoms with E-state index in [9.17, 15) is 27.6 Å². The minimum atomic E-state index is -4.58. The molecule has 4 rings (SSSR count). The number of likely N-dealkylation sites (N-methyl/N-ethyl adjacent to an activating group) is 2. The van der Waals surface area contributed by atoms with Crippen molar-refractivity contribution in [3.05, 3.63) is 76.9 Å². The molecule has 1 heterocycles. The third-order valence-corrected chi connectivity index (χ3v) is 8.81. The number of ether oxygens (including phenoxy) is 1. The molecule has 8 nitrogen and oxygen atoms in total. The Bertz CT molecular complexity index is 1410. The van der Waals surface area contributed by atoms with Gasteiger partial charge in [0.1, 0.15) is 6.04 Å². The van der Waals surface area contributed by atoms with E-state index in [1.54, 1.807) is 18.9 Å². The minimum Gasteiger partial charge on any atom is -0.374 e. The van der Waals surface area contributed by atoms with Gasteiger partial charge in [-0.1, -0.05) is 61.7 Å². The second-order valence-corrected chi connectivity index (χ2v) is 12.5. The number of rotatable bonds is 11. The van der Waals surface area contributed by atoms with Gasteiger partial charge in [0.05, 0.1) is 35.4 Å². The lowest BCUT2D eigenvalue weighted by atomic mass is 9.75. The Morgan fingerprint density at radius 2 is 1.73 bits per heavy atom. The molecule has 0 aromatic heterocycles. The van der Waals surface area contributed by atoms with Crippen molar-refractivity contribution in [3.63, 3.8) is 0 Å². The van der Waals surface area contributed by atoms with Crippen LogP contribution in [0.25, 0.3) is 5.57 Å². The second-order valence-electron chi connectivity index (χ2n) is 12.5. The highest BCUT2D eigenvalue weighted by Gasteiger charge is 2.51. The average molecular weight is 629 g/mol. The zero-order valence-corrected chi connectivity index (χ0v) is 26.4. The fourth-order valence-corrected chi connectivity index (χ4v) is 6.22. The summed E-state index contributed by atoms with van der Waals surface area (Å²) in [6.07, 6.45) is -0.640. The molecule has 1 atom stereocenters. The Morgan fingerprint density at radius 3 is 2.33 bits per heavy atom. The highest BCUT2D eigenvalue weighted by Crippen LogP contribution is 2.48. The van der Waals surface area contributed by atoms with E-state index in [2.05, 4.69) is 5.32 Å². The molecular formula is C34H43F3N4O4. The summed E-state index contributed by atoms with van der Waals surface area (Å²) in [6, 6.07) is 13.1. The van der Waals surface area contributed by atoms with Gasteiger partial charge in [-0.05, 0) is 62.4 Å². The largest absolute Gasteiger partial charge is 0.416 e. The van der Waals surface area contributed by atoms with Crippen LogP contribution in [0.15, 0.2) is 60.2 Å². The van der Waals surface area contributed by atoms with Gasteiger partial charge in [-0.2, -0.15) is 13.2 Å². The molecule has 1 fully saturated rings. The van der Waals surface area contributed by atoms with Crippen LogP contribution < -0.4 is 11.1 Å². The number of nitrogens with zero attached hydrogens (tertiary/aromatic N) is 2. The molecular weight excluding hydrogens is 585 g/mol. The molecule has 1 aliphatic heterocycles. The maximum absolute atomic E-state index is 14.2. The van der Waals surface area contributed by atoms with Crippen molar-refractivity contribution in [3.8, 4) is 0 Å². The number of carbonyl (C=O) groups excluding carboxylic acids is 3. The van der Waals surface area contributed by atoms with E-state index in [0.29, 0.717) is 18.4 Å². The van der Waals surface area contributed by atoms with E-state index >= 15 is 0 Å². The van der Waals surface area contributed by atoms with E-state index in [1.165, 1.54) is 30.9 Å². The molecule has 1 saturated carbocycles. The Labute approximate surface area is 262 Å². The number of nitrogens with two attached hydrogens (primary N) is 1. The van der Waals surface area contributed by atoms with Gasteiger partial charge < -0.3 is 25.6 Å². The molecule has 0 unspecified atom stereocenters. The van der Waals surface area contributed by atoms with Gasteiger partial charge in [0.25, 0.3) is 5.91 Å². The zero-order chi connectivity index (χ0) is 33.0. The lowest BCUT2D eigenvalue weighted by Gasteiger charge is -2.43. The van der Waals surface area contributed by atoms with Gasteiger partial charge >= 0.3 is 6.18 Å². The fourth-order valence-electron chi connectivity index (χ4n) is 6.22. The van der Waals surface area contributed by atoms with Crippen molar-refractivity contribution in [2.45, 2.75) is 82.8 Å². The fraction of sp³-hybridized carbons (Fsp3) is 0.500. The first-order valence-corrected chi connectivity index (χ1v) is 15.4. The SMILES string of the molecule is CCN(CC1=C(c2cccc(C(F)(F)F)c2)C(=O)N(C)C12CCCCC2)C(=O)[C@@H](COCc1ccccc1)NC(=O)C(C)(C)N. The molecule has 3 amide bonds. The molecule has 3 N–H and O–H groups in total. The molecule has 1 spiro atoms. The maximum Gasteiger partial charge on any atom is 0.416 e. The first-order chi connectivity index (χ1) is 21.2. The number of nitrogens with one attached hydrogen (secondary N) is 1. The van der Waals surface area contributed by atoms with E-state index in [1.807, 2.05) is 30.3 Å². The van der Waals surface area contributed by atoms with Crippen LogP contribution in [0.4, 0.5) is 13.2 Å². The normalized spacial score (nSPS) is 17.5. The number of amides is 3. The van der Waals surface area contributed by atoms with Crippen molar-refractivity contribution in [2.24, 2.45) is 5.73 Å². The highest BCUT2D eigenvalue weighted by molar-refractivity contribution is 6.23. The van der Waals surface area contributed by atoms with Gasteiger partial charge in [-0.15, -0.1) is 0 Å². The van der Waals surface area contributed by atoms with Crippen molar-refractivity contribution < 1.29 is 32.3 Å². The van der Waals surface area contributed by atoms with Crippen LogP contribution in [0, 0.1) is 0 Å². The summed E-state index contributed by atoms with van der Waals surface area (Å²) < 4.78 is 47.0. The van der Waals surface area contributed by atoms with E-state index in [4.69, 9.17) is 10.5 Å². The van der Waals surface area contributed by atoms with Crippen LogP contribution in [-0.4, -0.2) is 71.4 Å². The van der Waals surface area contributed by atoms with E-state index in [-0.39, 0.29) is 43.3 Å². The molecule has 244 valence electrons. The van der Waals surface area contributed by atoms with Gasteiger partial charge in [0.15, 0.2) is 0 Å². The van der Waals surface area contributed by atoms with E-state index < -0.39 is 40.7 Å². The van der Waals surface area contributed by atoms with Crippen LogP contribution in [0.5, 0.6) is 0 Å². The minimum absolute atomic E-state index is 0.00800. The van der Waals surface area contributed by atoms with Crippen LogP contribution in [0.2, 0.25) is 0 Å². The van der Waals surface area contributed by atoms with Crippen LogP contribution in [-0.2, 0) is 31.9 Å². The number of benzene rings is 2. The van der Waals surface area contributed by atoms with E-state index in [0.717, 1.165) is 37.0 Å². The van der Waals surface area contributed by atoms with Crippen molar-refractivity contribution >= 4 is 23.3 Å². The Hall–Kier alpha value is -3.70. The highest BCUT2D eigenvalue weighted by atomic mass is 19.4. The monoisotopic (exact) mass is 628 g/mol. The number of carbonyl (C=O) groups is 3. The first kappa shape index (κ1) is 34.2. The Balaban J connectivity index is 1.71. The Kier molecular flexibility index (Phi) is 10.4. The topological polar surface area (TPSA) is 105 Å². The van der Waals surface area contributed by atoms with Crippen LogP contribution >= 0.6 is 0 Å². The number of halogens is 3. The molecule has 2 aromatic rings. The molecule has 1 aliphatic carbocycles. The summed E-state index contributed by atoms with van der Waals surface area (Å²) >= 11 is 0. The van der Waals surface area contributed by atoms with Gasteiger partial charge in [0.2, 0.25) is 11.8 Å². The second kappa shape index (κ2) is 13.7. The lowest BCUT2D eigenvalue weighted by molar-refractivity contribution is -0.139. The van der Waals surface area contributed by atoms with Gasteiger partial charge in [0, 0.05) is 20.1 Å². The molecule has 11 heteroatoms. The standard InChI is InChI=1S/C34H43F3N4O4/c1-5-41(29(42)27(39-31(44)32(2,3)38)22-45-21-23-13-8-6-9-14-23)20-26-28(24-15-12-16-25(19-24)34(35,36)37)30(43)40(4)33(26)17-10-7-11-18-33/h6,8-9,12-16,19,27H,5,7,10-11,17-18,20-22,38H2,1-4H3,(H,39,44)/t27-/m1/s1. The van der Waals surface area contributed by atoms with Crippen molar-refractivity contribution in [1.82, 2.24) is 15.1 Å². The quantitative estimate of drug-likeness (QED) is 0.368. The van der Waals surface area contributed by atoms with Crippen molar-refractivity contribution in [1.29, 1.82) is 0 Å². The summed E-state index contributed by atoms with van der Waals surface area (Å²) in [5.74, 6) is -1.34. The van der Waals surface area contributed by atoms with Gasteiger partial charge in [-0.25, -0.2) is 0 Å². The smallest absolute Gasteiger partial charge is 0.374 e. The van der Waals surface area contributed by atoms with Gasteiger partial charge in [-0.3, -0.25) is 14.4 Å². The zero-order valence-electron chi connectivity index (χ0n) is 26.4. The summed E-state index contributed by atoms with van der Waals surface area (Å²) in [4.78, 5) is 44.1. The summed E-state index contributed by atoms with van der Waals surface area (Å²) in [7, 11) is 1.69. The average Bonchev–Trinajstić information content (AvgIpc) is 3.19. The molecule has 2 aliphatic rings. The van der Waals surface area contributed by atoms with Crippen molar-refractivity contribution in [2.75, 3.05) is 26.7 Å². The van der Waals surface area contributed by atoms with Crippen LogP contribution in [0.1, 0.15) is 69.6 Å².